The van der Waals surface area contributed by atoms with Crippen molar-refractivity contribution >= 4 is 28.2 Å². The number of nitrogens with one attached hydrogen (secondary N) is 1. The molecule has 0 radical (unpaired) electrons. The van der Waals surface area contributed by atoms with Gasteiger partial charge in [0.2, 0.25) is 0 Å². The predicted molar refractivity (Wildman–Crippen MR) is 127 cm³/mol. The lowest BCUT2D eigenvalue weighted by Crippen LogP contribution is -2.18. The van der Waals surface area contributed by atoms with Crippen LogP contribution in [0.15, 0.2) is 66.7 Å². The molecule has 0 saturated heterocycles. The summed E-state index contributed by atoms with van der Waals surface area (Å²) in [5, 5.41) is 8.09. The molecule has 0 aliphatic heterocycles. The van der Waals surface area contributed by atoms with E-state index in [9.17, 15) is 9.59 Å². The predicted octanol–water partition coefficient (Wildman–Crippen LogP) is 5.65. The van der Waals surface area contributed by atoms with E-state index < -0.39 is 5.97 Å². The molecule has 0 bridgehead atoms. The molecule has 7 heteroatoms. The summed E-state index contributed by atoms with van der Waals surface area (Å²) in [4.78, 5) is 26.8. The van der Waals surface area contributed by atoms with Crippen molar-refractivity contribution in [2.75, 3.05) is 11.9 Å². The van der Waals surface area contributed by atoms with Gasteiger partial charge in [0.15, 0.2) is 0 Å². The molecule has 0 aliphatic carbocycles. The highest BCUT2D eigenvalue weighted by atomic mass is 32.1. The molecular formula is C25H23N3O3S. The quantitative estimate of drug-likeness (QED) is 0.390. The molecule has 0 saturated carbocycles. The third-order valence-electron chi connectivity index (χ3n) is 5.10. The smallest absolute Gasteiger partial charge is 0.341 e. The first kappa shape index (κ1) is 21.5. The number of rotatable bonds is 6. The Morgan fingerprint density at radius 2 is 1.69 bits per heavy atom. The number of nitrogens with zero attached hydrogens (tertiary/aromatic N) is 2. The van der Waals surface area contributed by atoms with Gasteiger partial charge < -0.3 is 10.1 Å². The molecule has 32 heavy (non-hydrogen) atoms. The van der Waals surface area contributed by atoms with Crippen LogP contribution in [0.25, 0.3) is 16.9 Å². The van der Waals surface area contributed by atoms with Gasteiger partial charge in [-0.1, -0.05) is 48.5 Å². The molecule has 2 heterocycles. The first-order valence-corrected chi connectivity index (χ1v) is 11.1. The van der Waals surface area contributed by atoms with Crippen LogP contribution in [0.3, 0.4) is 0 Å². The Labute approximate surface area is 190 Å². The number of hydrogen-bond acceptors (Lipinski definition) is 5. The van der Waals surface area contributed by atoms with Crippen LogP contribution in [0.5, 0.6) is 0 Å². The van der Waals surface area contributed by atoms with Gasteiger partial charge >= 0.3 is 5.97 Å². The molecule has 2 aromatic heterocycles. The highest BCUT2D eigenvalue weighted by Gasteiger charge is 2.24. The van der Waals surface area contributed by atoms with Crippen molar-refractivity contribution in [3.8, 4) is 16.9 Å². The van der Waals surface area contributed by atoms with Crippen LogP contribution in [0.2, 0.25) is 0 Å². The van der Waals surface area contributed by atoms with Crippen molar-refractivity contribution < 1.29 is 14.3 Å². The van der Waals surface area contributed by atoms with Crippen LogP contribution in [0.1, 0.15) is 38.2 Å². The van der Waals surface area contributed by atoms with Gasteiger partial charge in [0, 0.05) is 10.4 Å². The average Bonchev–Trinajstić information content (AvgIpc) is 3.37. The molecule has 1 amide bonds. The molecule has 0 atom stereocenters. The van der Waals surface area contributed by atoms with Crippen molar-refractivity contribution in [3.05, 3.63) is 88.4 Å². The number of thiophene rings is 1. The second-order valence-electron chi connectivity index (χ2n) is 7.19. The first-order valence-electron chi connectivity index (χ1n) is 10.3. The van der Waals surface area contributed by atoms with Crippen LogP contribution >= 0.6 is 11.3 Å². The Hall–Kier alpha value is -3.71. The third-order valence-corrected chi connectivity index (χ3v) is 6.23. The Morgan fingerprint density at radius 1 is 1.03 bits per heavy atom. The van der Waals surface area contributed by atoms with Crippen molar-refractivity contribution in [3.63, 3.8) is 0 Å². The molecule has 2 aromatic carbocycles. The zero-order valence-corrected chi connectivity index (χ0v) is 18.9. The van der Waals surface area contributed by atoms with Gasteiger partial charge in [0.1, 0.15) is 10.7 Å². The van der Waals surface area contributed by atoms with Crippen LogP contribution in [0, 0.1) is 13.8 Å². The molecular weight excluding hydrogens is 422 g/mol. The minimum absolute atomic E-state index is 0.266. The van der Waals surface area contributed by atoms with Gasteiger partial charge in [-0.2, -0.15) is 5.10 Å². The van der Waals surface area contributed by atoms with E-state index in [-0.39, 0.29) is 12.5 Å². The lowest BCUT2D eigenvalue weighted by atomic mass is 10.1. The largest absolute Gasteiger partial charge is 0.462 e. The van der Waals surface area contributed by atoms with E-state index in [1.54, 1.807) is 17.7 Å². The fourth-order valence-corrected chi connectivity index (χ4v) is 4.43. The SMILES string of the molecule is CCOC(=O)c1c(NC(=O)c2cc(-c3ccccc3)nn2-c2ccccc2)sc(C)c1C. The zero-order chi connectivity index (χ0) is 22.7. The lowest BCUT2D eigenvalue weighted by molar-refractivity contribution is 0.0527. The van der Waals surface area contributed by atoms with Crippen LogP contribution in [-0.2, 0) is 4.74 Å². The maximum atomic E-state index is 13.4. The van der Waals surface area contributed by atoms with E-state index in [1.165, 1.54) is 11.3 Å². The highest BCUT2D eigenvalue weighted by Crippen LogP contribution is 2.33. The van der Waals surface area contributed by atoms with Gasteiger partial charge in [-0.3, -0.25) is 4.79 Å². The summed E-state index contributed by atoms with van der Waals surface area (Å²) < 4.78 is 6.82. The summed E-state index contributed by atoms with van der Waals surface area (Å²) in [7, 11) is 0. The number of ether oxygens (including phenoxy) is 1. The van der Waals surface area contributed by atoms with Gasteiger partial charge in [0.25, 0.3) is 5.91 Å². The number of amides is 1. The maximum Gasteiger partial charge on any atom is 0.341 e. The second kappa shape index (κ2) is 9.20. The zero-order valence-electron chi connectivity index (χ0n) is 18.1. The number of aryl methyl sites for hydroxylation is 1. The van der Waals surface area contributed by atoms with Crippen molar-refractivity contribution in [2.24, 2.45) is 0 Å². The number of esters is 1. The van der Waals surface area contributed by atoms with E-state index in [2.05, 4.69) is 5.32 Å². The molecule has 1 N–H and O–H groups in total. The Bertz CT molecular complexity index is 1260. The minimum Gasteiger partial charge on any atom is -0.462 e. The number of para-hydroxylation sites is 1. The fraction of sp³-hybridized carbons (Fsp3) is 0.160. The van der Waals surface area contributed by atoms with Crippen LogP contribution in [-0.4, -0.2) is 28.3 Å². The number of benzene rings is 2. The van der Waals surface area contributed by atoms with Gasteiger partial charge in [-0.15, -0.1) is 11.3 Å². The maximum absolute atomic E-state index is 13.4. The van der Waals surface area contributed by atoms with Crippen LogP contribution in [0.4, 0.5) is 5.00 Å². The molecule has 0 unspecified atom stereocenters. The van der Waals surface area contributed by atoms with E-state index in [1.807, 2.05) is 74.5 Å². The monoisotopic (exact) mass is 445 g/mol. The summed E-state index contributed by atoms with van der Waals surface area (Å²) in [5.41, 5.74) is 3.94. The average molecular weight is 446 g/mol. The van der Waals surface area contributed by atoms with Gasteiger partial charge in [-0.05, 0) is 44.5 Å². The summed E-state index contributed by atoms with van der Waals surface area (Å²) in [6.07, 6.45) is 0. The van der Waals surface area contributed by atoms with E-state index in [4.69, 9.17) is 9.84 Å². The van der Waals surface area contributed by atoms with Crippen LogP contribution < -0.4 is 5.32 Å². The fourth-order valence-electron chi connectivity index (χ4n) is 3.39. The molecule has 4 aromatic rings. The van der Waals surface area contributed by atoms with E-state index in [0.717, 1.165) is 21.7 Å². The highest BCUT2D eigenvalue weighted by molar-refractivity contribution is 7.16. The molecule has 4 rings (SSSR count). The lowest BCUT2D eigenvalue weighted by Gasteiger charge is -2.09. The Kier molecular flexibility index (Phi) is 6.18. The standard InChI is InChI=1S/C25H23N3O3S/c1-4-31-25(30)22-16(2)17(3)32-24(22)26-23(29)21-15-20(18-11-7-5-8-12-18)27-28(21)19-13-9-6-10-14-19/h5-15H,4H2,1-3H3,(H,26,29). The van der Waals surface area contributed by atoms with Gasteiger partial charge in [0.05, 0.1) is 23.6 Å². The van der Waals surface area contributed by atoms with Crippen molar-refractivity contribution in [1.29, 1.82) is 0 Å². The van der Waals surface area contributed by atoms with Gasteiger partial charge in [-0.25, -0.2) is 9.48 Å². The number of anilines is 1. The second-order valence-corrected chi connectivity index (χ2v) is 8.41. The number of hydrogen-bond donors (Lipinski definition) is 1. The normalized spacial score (nSPS) is 10.7. The molecule has 162 valence electrons. The molecule has 0 spiro atoms. The number of carbonyl (C=O) groups excluding carboxylic acids is 2. The van der Waals surface area contributed by atoms with E-state index >= 15 is 0 Å². The molecule has 0 aliphatic rings. The minimum atomic E-state index is -0.439. The van der Waals surface area contributed by atoms with Crippen molar-refractivity contribution in [2.45, 2.75) is 20.8 Å². The third kappa shape index (κ3) is 4.20. The van der Waals surface area contributed by atoms with Crippen molar-refractivity contribution in [1.82, 2.24) is 9.78 Å². The molecule has 6 nitrogen and oxygen atoms in total. The number of carbonyl (C=O) groups is 2. The summed E-state index contributed by atoms with van der Waals surface area (Å²) in [6.45, 7) is 5.80. The Morgan fingerprint density at radius 3 is 2.34 bits per heavy atom. The first-order chi connectivity index (χ1) is 15.5. The number of aromatic nitrogens is 2. The summed E-state index contributed by atoms with van der Waals surface area (Å²) in [6, 6.07) is 20.9. The summed E-state index contributed by atoms with van der Waals surface area (Å²) >= 11 is 1.36. The summed E-state index contributed by atoms with van der Waals surface area (Å²) in [5.74, 6) is -0.790. The topological polar surface area (TPSA) is 73.2 Å². The van der Waals surface area contributed by atoms with E-state index in [0.29, 0.717) is 22.0 Å². The Balaban J connectivity index is 1.75. The molecule has 0 fully saturated rings.